The van der Waals surface area contributed by atoms with E-state index < -0.39 is 0 Å². The maximum atomic E-state index is 12.8. The van der Waals surface area contributed by atoms with Crippen LogP contribution in [-0.2, 0) is 11.2 Å². The fraction of sp³-hybridized carbons (Fsp3) is 0.250. The van der Waals surface area contributed by atoms with E-state index in [1.165, 1.54) is 22.3 Å². The fourth-order valence-corrected chi connectivity index (χ4v) is 4.93. The van der Waals surface area contributed by atoms with E-state index in [1.807, 2.05) is 34.5 Å². The maximum absolute atomic E-state index is 12.8. The third-order valence-electron chi connectivity index (χ3n) is 5.91. The van der Waals surface area contributed by atoms with Crippen LogP contribution in [0.15, 0.2) is 60.2 Å². The number of amides is 2. The first-order valence-electron chi connectivity index (χ1n) is 10.7. The molecule has 1 aromatic carbocycles. The molecule has 1 aliphatic rings. The molecule has 1 fully saturated rings. The zero-order valence-electron chi connectivity index (χ0n) is 17.5. The largest absolute Gasteiger partial charge is 0.346 e. The molecule has 0 unspecified atom stereocenters. The minimum atomic E-state index is -0.202. The van der Waals surface area contributed by atoms with E-state index in [0.29, 0.717) is 22.3 Å². The summed E-state index contributed by atoms with van der Waals surface area (Å²) >= 11 is 1.34. The van der Waals surface area contributed by atoms with Gasteiger partial charge in [0, 0.05) is 41.8 Å². The number of nitrogens with one attached hydrogen (secondary N) is 2. The number of aromatic nitrogens is 3. The zero-order chi connectivity index (χ0) is 21.9. The average molecular weight is 446 g/mol. The first-order chi connectivity index (χ1) is 15.7. The molecule has 5 rings (SSSR count). The number of benzene rings is 1. The van der Waals surface area contributed by atoms with Gasteiger partial charge < -0.3 is 9.88 Å². The van der Waals surface area contributed by atoms with Crippen LogP contribution in [0.1, 0.15) is 40.4 Å². The zero-order valence-corrected chi connectivity index (χ0v) is 18.3. The number of pyridine rings is 1. The van der Waals surface area contributed by atoms with Crippen molar-refractivity contribution < 1.29 is 9.59 Å². The number of carbonyl (C=O) groups excluding carboxylic acids is 2. The normalized spacial score (nSPS) is 14.6. The second-order valence-electron chi connectivity index (χ2n) is 7.94. The lowest BCUT2D eigenvalue weighted by atomic mass is 9.89. The SMILES string of the molecule is O=C(Nc1nc(CC(=O)N2CCC(c3c[nH]c4ncccc34)CC2)cs1)c1ccccc1. The highest BCUT2D eigenvalue weighted by Crippen LogP contribution is 2.32. The Morgan fingerprint density at radius 3 is 2.75 bits per heavy atom. The molecule has 2 N–H and O–H groups in total. The van der Waals surface area contributed by atoms with Crippen molar-refractivity contribution in [1.82, 2.24) is 19.9 Å². The topological polar surface area (TPSA) is 91.0 Å². The van der Waals surface area contributed by atoms with Gasteiger partial charge in [-0.3, -0.25) is 14.9 Å². The second-order valence-corrected chi connectivity index (χ2v) is 8.80. The molecule has 0 bridgehead atoms. The van der Waals surface area contributed by atoms with Crippen molar-refractivity contribution >= 4 is 39.3 Å². The van der Waals surface area contributed by atoms with Crippen LogP contribution in [0.5, 0.6) is 0 Å². The number of aromatic amines is 1. The van der Waals surface area contributed by atoms with Crippen molar-refractivity contribution in [2.24, 2.45) is 0 Å². The Balaban J connectivity index is 1.16. The third-order valence-corrected chi connectivity index (χ3v) is 6.72. The molecule has 0 spiro atoms. The summed E-state index contributed by atoms with van der Waals surface area (Å²) in [5, 5.41) is 6.32. The molecule has 0 saturated carbocycles. The van der Waals surface area contributed by atoms with Gasteiger partial charge in [0.15, 0.2) is 5.13 Å². The fourth-order valence-electron chi connectivity index (χ4n) is 4.23. The number of likely N-dealkylation sites (tertiary alicyclic amines) is 1. The van der Waals surface area contributed by atoms with E-state index in [0.717, 1.165) is 31.6 Å². The number of hydrogen-bond donors (Lipinski definition) is 2. The number of piperidine rings is 1. The van der Waals surface area contributed by atoms with Gasteiger partial charge in [-0.15, -0.1) is 11.3 Å². The van der Waals surface area contributed by atoms with Gasteiger partial charge in [-0.2, -0.15) is 0 Å². The molecule has 0 aliphatic carbocycles. The van der Waals surface area contributed by atoms with E-state index >= 15 is 0 Å². The van der Waals surface area contributed by atoms with Crippen molar-refractivity contribution in [1.29, 1.82) is 0 Å². The third kappa shape index (κ3) is 4.27. The van der Waals surface area contributed by atoms with Gasteiger partial charge in [-0.05, 0) is 48.6 Å². The van der Waals surface area contributed by atoms with E-state index in [-0.39, 0.29) is 18.2 Å². The second kappa shape index (κ2) is 8.92. The van der Waals surface area contributed by atoms with E-state index in [9.17, 15) is 9.59 Å². The van der Waals surface area contributed by atoms with Gasteiger partial charge in [0.25, 0.3) is 5.91 Å². The van der Waals surface area contributed by atoms with Crippen LogP contribution in [0.25, 0.3) is 11.0 Å². The van der Waals surface area contributed by atoms with Crippen molar-refractivity contribution in [2.45, 2.75) is 25.2 Å². The lowest BCUT2D eigenvalue weighted by molar-refractivity contribution is -0.131. The molecule has 0 radical (unpaired) electrons. The minimum Gasteiger partial charge on any atom is -0.346 e. The number of anilines is 1. The van der Waals surface area contributed by atoms with E-state index in [1.54, 1.807) is 18.3 Å². The molecule has 1 saturated heterocycles. The number of rotatable bonds is 5. The smallest absolute Gasteiger partial charge is 0.257 e. The Labute approximate surface area is 189 Å². The maximum Gasteiger partial charge on any atom is 0.257 e. The molecule has 2 amide bonds. The molecular formula is C24H23N5O2S. The van der Waals surface area contributed by atoms with Crippen LogP contribution in [0.2, 0.25) is 0 Å². The van der Waals surface area contributed by atoms with E-state index in [2.05, 4.69) is 32.5 Å². The van der Waals surface area contributed by atoms with Crippen molar-refractivity contribution in [3.8, 4) is 0 Å². The lowest BCUT2D eigenvalue weighted by Gasteiger charge is -2.32. The molecule has 1 aliphatic heterocycles. The molecule has 7 nitrogen and oxygen atoms in total. The Bertz CT molecular complexity index is 1240. The molecule has 3 aromatic heterocycles. The molecule has 8 heteroatoms. The summed E-state index contributed by atoms with van der Waals surface area (Å²) in [7, 11) is 0. The molecule has 32 heavy (non-hydrogen) atoms. The Morgan fingerprint density at radius 2 is 1.94 bits per heavy atom. The molecule has 4 aromatic rings. The Hall–Kier alpha value is -3.52. The van der Waals surface area contributed by atoms with Crippen molar-refractivity contribution in [2.75, 3.05) is 18.4 Å². The predicted octanol–water partition coefficient (Wildman–Crippen LogP) is 4.22. The van der Waals surface area contributed by atoms with Gasteiger partial charge in [-0.1, -0.05) is 18.2 Å². The van der Waals surface area contributed by atoms with Crippen LogP contribution in [0, 0.1) is 0 Å². The Morgan fingerprint density at radius 1 is 1.12 bits per heavy atom. The molecular weight excluding hydrogens is 422 g/mol. The number of thiazole rings is 1. The van der Waals surface area contributed by atoms with E-state index in [4.69, 9.17) is 0 Å². The molecule has 162 valence electrons. The molecule has 4 heterocycles. The van der Waals surface area contributed by atoms with Gasteiger partial charge in [0.05, 0.1) is 12.1 Å². The monoisotopic (exact) mass is 445 g/mol. The number of nitrogens with zero attached hydrogens (tertiary/aromatic N) is 3. The van der Waals surface area contributed by atoms with Crippen LogP contribution in [-0.4, -0.2) is 44.8 Å². The average Bonchev–Trinajstić information content (AvgIpc) is 3.46. The lowest BCUT2D eigenvalue weighted by Crippen LogP contribution is -2.38. The predicted molar refractivity (Wildman–Crippen MR) is 125 cm³/mol. The van der Waals surface area contributed by atoms with Crippen molar-refractivity contribution in [3.63, 3.8) is 0 Å². The first kappa shape index (κ1) is 20.4. The summed E-state index contributed by atoms with van der Waals surface area (Å²) in [6.45, 7) is 1.47. The number of hydrogen-bond acceptors (Lipinski definition) is 5. The van der Waals surface area contributed by atoms with Crippen LogP contribution in [0.3, 0.4) is 0 Å². The highest BCUT2D eigenvalue weighted by molar-refractivity contribution is 7.14. The Kier molecular flexibility index (Phi) is 5.68. The first-order valence-corrected chi connectivity index (χ1v) is 11.6. The number of H-pyrrole nitrogens is 1. The summed E-state index contributed by atoms with van der Waals surface area (Å²) < 4.78 is 0. The summed E-state index contributed by atoms with van der Waals surface area (Å²) in [4.78, 5) is 39.1. The summed E-state index contributed by atoms with van der Waals surface area (Å²) in [5.41, 5.74) is 3.47. The summed E-state index contributed by atoms with van der Waals surface area (Å²) in [5.74, 6) is 0.304. The van der Waals surface area contributed by atoms with Crippen LogP contribution in [0.4, 0.5) is 5.13 Å². The van der Waals surface area contributed by atoms with Gasteiger partial charge >= 0.3 is 0 Å². The quantitative estimate of drug-likeness (QED) is 0.481. The minimum absolute atomic E-state index is 0.0790. The van der Waals surface area contributed by atoms with Gasteiger partial charge in [-0.25, -0.2) is 9.97 Å². The van der Waals surface area contributed by atoms with Crippen LogP contribution >= 0.6 is 11.3 Å². The summed E-state index contributed by atoms with van der Waals surface area (Å²) in [6, 6.07) is 13.1. The molecule has 0 atom stereocenters. The van der Waals surface area contributed by atoms with Crippen molar-refractivity contribution in [3.05, 3.63) is 77.1 Å². The highest BCUT2D eigenvalue weighted by Gasteiger charge is 2.26. The standard InChI is InChI=1S/C24H23N5O2S/c30-21(13-18-15-32-24(27-18)28-23(31)17-5-2-1-3-6-17)29-11-8-16(9-12-29)20-14-26-22-19(20)7-4-10-25-22/h1-7,10,14-16H,8-9,11-13H2,(H,25,26)(H,27,28,31). The van der Waals surface area contributed by atoms with Gasteiger partial charge in [0.1, 0.15) is 5.65 Å². The summed E-state index contributed by atoms with van der Waals surface area (Å²) in [6.07, 6.45) is 5.96. The number of carbonyl (C=O) groups is 2. The number of fused-ring (bicyclic) bond motifs is 1. The van der Waals surface area contributed by atoms with Crippen LogP contribution < -0.4 is 5.32 Å². The van der Waals surface area contributed by atoms with Gasteiger partial charge in [0.2, 0.25) is 5.91 Å². The highest BCUT2D eigenvalue weighted by atomic mass is 32.1.